The first-order valence-electron chi connectivity index (χ1n) is 4.85. The molecule has 0 spiro atoms. The first-order chi connectivity index (χ1) is 6.19. The van der Waals surface area contributed by atoms with Gasteiger partial charge in [-0.15, -0.1) is 0 Å². The fraction of sp³-hybridized carbons (Fsp3) is 0.889. The van der Waals surface area contributed by atoms with Crippen LogP contribution in [0.5, 0.6) is 0 Å². The van der Waals surface area contributed by atoms with E-state index in [1.807, 2.05) is 6.92 Å². The van der Waals surface area contributed by atoms with Crippen LogP contribution in [0.25, 0.3) is 0 Å². The van der Waals surface area contributed by atoms with Gasteiger partial charge in [-0.1, -0.05) is 6.92 Å². The van der Waals surface area contributed by atoms with Gasteiger partial charge >= 0.3 is 0 Å². The zero-order chi connectivity index (χ0) is 9.84. The second kappa shape index (κ2) is 4.58. The quantitative estimate of drug-likeness (QED) is 0.614. The molecule has 0 bridgehead atoms. The van der Waals surface area contributed by atoms with Crippen LogP contribution in [0.2, 0.25) is 0 Å². The SMILES string of the molecule is CC[C@H]1CN(C(=O)CN)CC[C@@H]1O. The predicted molar refractivity (Wildman–Crippen MR) is 50.0 cm³/mol. The number of likely N-dealkylation sites (tertiary alicyclic amines) is 1. The van der Waals surface area contributed by atoms with Gasteiger partial charge in [0.1, 0.15) is 0 Å². The van der Waals surface area contributed by atoms with E-state index >= 15 is 0 Å². The molecule has 1 amide bonds. The molecule has 1 heterocycles. The average Bonchev–Trinajstić information content (AvgIpc) is 2.17. The van der Waals surface area contributed by atoms with E-state index in [0.717, 1.165) is 6.42 Å². The largest absolute Gasteiger partial charge is 0.393 e. The van der Waals surface area contributed by atoms with E-state index < -0.39 is 0 Å². The van der Waals surface area contributed by atoms with Gasteiger partial charge in [-0.3, -0.25) is 4.79 Å². The molecule has 3 N–H and O–H groups in total. The van der Waals surface area contributed by atoms with Gasteiger partial charge in [-0.05, 0) is 12.8 Å². The lowest BCUT2D eigenvalue weighted by Gasteiger charge is -2.35. The third kappa shape index (κ3) is 2.42. The Morgan fingerprint density at radius 2 is 2.38 bits per heavy atom. The van der Waals surface area contributed by atoms with Crippen molar-refractivity contribution in [2.75, 3.05) is 19.6 Å². The van der Waals surface area contributed by atoms with Gasteiger partial charge in [-0.25, -0.2) is 0 Å². The molecule has 2 atom stereocenters. The standard InChI is InChI=1S/C9H18N2O2/c1-2-7-6-11(9(13)5-10)4-3-8(7)12/h7-8,12H,2-6,10H2,1H3/t7-,8-/m0/s1. The molecule has 0 aromatic heterocycles. The number of amides is 1. The molecule has 4 heteroatoms. The number of carbonyl (C=O) groups excluding carboxylic acids is 1. The number of carbonyl (C=O) groups is 1. The number of hydrogen-bond acceptors (Lipinski definition) is 3. The van der Waals surface area contributed by atoms with Crippen molar-refractivity contribution in [3.8, 4) is 0 Å². The molecule has 13 heavy (non-hydrogen) atoms. The Kier molecular flexibility index (Phi) is 3.69. The number of nitrogens with zero attached hydrogens (tertiary/aromatic N) is 1. The van der Waals surface area contributed by atoms with Crippen LogP contribution in [0.4, 0.5) is 0 Å². The lowest BCUT2D eigenvalue weighted by molar-refractivity contribution is -0.133. The maximum Gasteiger partial charge on any atom is 0.236 e. The smallest absolute Gasteiger partial charge is 0.236 e. The Bertz CT molecular complexity index is 184. The highest BCUT2D eigenvalue weighted by atomic mass is 16.3. The predicted octanol–water partition coefficient (Wildman–Crippen LogP) is -0.435. The minimum absolute atomic E-state index is 0.00894. The molecule has 0 saturated carbocycles. The summed E-state index contributed by atoms with van der Waals surface area (Å²) in [7, 11) is 0. The van der Waals surface area contributed by atoms with Crippen molar-refractivity contribution in [1.82, 2.24) is 4.90 Å². The topological polar surface area (TPSA) is 66.6 Å². The highest BCUT2D eigenvalue weighted by Gasteiger charge is 2.28. The molecule has 0 aliphatic carbocycles. The number of hydrogen-bond donors (Lipinski definition) is 2. The van der Waals surface area contributed by atoms with Gasteiger partial charge in [0, 0.05) is 19.0 Å². The molecular weight excluding hydrogens is 168 g/mol. The fourth-order valence-corrected chi connectivity index (χ4v) is 1.78. The number of aliphatic hydroxyl groups is 1. The van der Waals surface area contributed by atoms with Crippen LogP contribution in [-0.4, -0.2) is 41.7 Å². The Hall–Kier alpha value is -0.610. The van der Waals surface area contributed by atoms with Crippen LogP contribution >= 0.6 is 0 Å². The lowest BCUT2D eigenvalue weighted by atomic mass is 9.92. The molecule has 1 saturated heterocycles. The van der Waals surface area contributed by atoms with Crippen LogP contribution in [0.3, 0.4) is 0 Å². The maximum atomic E-state index is 11.3. The number of rotatable bonds is 2. The van der Waals surface area contributed by atoms with Gasteiger partial charge in [0.05, 0.1) is 12.6 Å². The fourth-order valence-electron chi connectivity index (χ4n) is 1.78. The summed E-state index contributed by atoms with van der Waals surface area (Å²) in [4.78, 5) is 13.0. The van der Waals surface area contributed by atoms with Crippen molar-refractivity contribution in [2.24, 2.45) is 11.7 Å². The Morgan fingerprint density at radius 1 is 1.69 bits per heavy atom. The second-order valence-corrected chi connectivity index (χ2v) is 3.57. The summed E-state index contributed by atoms with van der Waals surface area (Å²) >= 11 is 0. The monoisotopic (exact) mass is 186 g/mol. The molecule has 0 aromatic rings. The summed E-state index contributed by atoms with van der Waals surface area (Å²) in [6.45, 7) is 3.41. The van der Waals surface area contributed by atoms with Crippen molar-refractivity contribution >= 4 is 5.91 Å². The molecule has 1 aliphatic rings. The Balaban J connectivity index is 2.49. The van der Waals surface area contributed by atoms with Crippen LogP contribution in [-0.2, 0) is 4.79 Å². The van der Waals surface area contributed by atoms with Gasteiger partial charge in [0.15, 0.2) is 0 Å². The molecule has 0 aromatic carbocycles. The Labute approximate surface area is 78.7 Å². The highest BCUT2D eigenvalue weighted by molar-refractivity contribution is 5.78. The second-order valence-electron chi connectivity index (χ2n) is 3.57. The van der Waals surface area contributed by atoms with Gasteiger partial charge in [0.25, 0.3) is 0 Å². The van der Waals surface area contributed by atoms with Gasteiger partial charge < -0.3 is 15.7 Å². The summed E-state index contributed by atoms with van der Waals surface area (Å²) in [6, 6.07) is 0. The highest BCUT2D eigenvalue weighted by Crippen LogP contribution is 2.19. The number of nitrogens with two attached hydrogens (primary N) is 1. The normalized spacial score (nSPS) is 29.0. The number of piperidine rings is 1. The molecule has 0 unspecified atom stereocenters. The van der Waals surface area contributed by atoms with E-state index in [4.69, 9.17) is 5.73 Å². The van der Waals surface area contributed by atoms with Crippen molar-refractivity contribution in [3.63, 3.8) is 0 Å². The summed E-state index contributed by atoms with van der Waals surface area (Å²) < 4.78 is 0. The van der Waals surface area contributed by atoms with Crippen LogP contribution in [0.15, 0.2) is 0 Å². The molecule has 1 rings (SSSR count). The first kappa shape index (κ1) is 10.5. The van der Waals surface area contributed by atoms with Crippen LogP contribution in [0.1, 0.15) is 19.8 Å². The van der Waals surface area contributed by atoms with Crippen molar-refractivity contribution in [3.05, 3.63) is 0 Å². The van der Waals surface area contributed by atoms with Crippen molar-refractivity contribution < 1.29 is 9.90 Å². The molecule has 76 valence electrons. The van der Waals surface area contributed by atoms with Crippen molar-refractivity contribution in [1.29, 1.82) is 0 Å². The zero-order valence-corrected chi connectivity index (χ0v) is 8.07. The molecule has 1 fully saturated rings. The Morgan fingerprint density at radius 3 is 2.92 bits per heavy atom. The van der Waals surface area contributed by atoms with Crippen LogP contribution in [0, 0.1) is 5.92 Å². The van der Waals surface area contributed by atoms with E-state index in [1.165, 1.54) is 0 Å². The number of aliphatic hydroxyl groups excluding tert-OH is 1. The minimum Gasteiger partial charge on any atom is -0.393 e. The molecule has 1 aliphatic heterocycles. The average molecular weight is 186 g/mol. The summed E-state index contributed by atoms with van der Waals surface area (Å²) in [5, 5.41) is 9.57. The van der Waals surface area contributed by atoms with Gasteiger partial charge in [-0.2, -0.15) is 0 Å². The third-order valence-corrected chi connectivity index (χ3v) is 2.75. The molecule has 4 nitrogen and oxygen atoms in total. The maximum absolute atomic E-state index is 11.3. The van der Waals surface area contributed by atoms with E-state index in [1.54, 1.807) is 4.90 Å². The summed E-state index contributed by atoms with van der Waals surface area (Å²) in [6.07, 6.45) is 1.35. The zero-order valence-electron chi connectivity index (χ0n) is 8.07. The van der Waals surface area contributed by atoms with Crippen molar-refractivity contribution in [2.45, 2.75) is 25.9 Å². The van der Waals surface area contributed by atoms with E-state index in [2.05, 4.69) is 0 Å². The van der Waals surface area contributed by atoms with E-state index in [9.17, 15) is 9.90 Å². The molecular formula is C9H18N2O2. The van der Waals surface area contributed by atoms with E-state index in [0.29, 0.717) is 19.5 Å². The summed E-state index contributed by atoms with van der Waals surface area (Å²) in [5.74, 6) is 0.217. The van der Waals surface area contributed by atoms with Gasteiger partial charge in [0.2, 0.25) is 5.91 Å². The molecule has 0 radical (unpaired) electrons. The third-order valence-electron chi connectivity index (χ3n) is 2.75. The first-order valence-corrected chi connectivity index (χ1v) is 4.85. The van der Waals surface area contributed by atoms with E-state index in [-0.39, 0.29) is 24.5 Å². The summed E-state index contributed by atoms with van der Waals surface area (Å²) in [5.41, 5.74) is 5.27. The minimum atomic E-state index is -0.244. The van der Waals surface area contributed by atoms with Crippen LogP contribution < -0.4 is 5.73 Å². The lowest BCUT2D eigenvalue weighted by Crippen LogP contribution is -2.47.